The summed E-state index contributed by atoms with van der Waals surface area (Å²) >= 11 is 6.73. The van der Waals surface area contributed by atoms with Crippen molar-refractivity contribution in [3.63, 3.8) is 0 Å². The number of nitrogens with zero attached hydrogens (tertiary/aromatic N) is 1. The van der Waals surface area contributed by atoms with Gasteiger partial charge in [-0.1, -0.05) is 79.7 Å². The number of hydrogen-bond acceptors (Lipinski definition) is 4. The van der Waals surface area contributed by atoms with E-state index in [0.717, 1.165) is 24.0 Å². The van der Waals surface area contributed by atoms with E-state index < -0.39 is 0 Å². The monoisotopic (exact) mass is 428 g/mol. The highest BCUT2D eigenvalue weighted by atomic mass is 32.2. The third-order valence-corrected chi connectivity index (χ3v) is 6.56. The first-order valence-electron chi connectivity index (χ1n) is 10.3. The van der Waals surface area contributed by atoms with Gasteiger partial charge < -0.3 is 5.32 Å². The maximum absolute atomic E-state index is 12.7. The third kappa shape index (κ3) is 6.54. The average molecular weight is 429 g/mol. The minimum atomic E-state index is -0.0616. The van der Waals surface area contributed by atoms with Crippen LogP contribution in [0.2, 0.25) is 0 Å². The zero-order chi connectivity index (χ0) is 20.6. The fraction of sp³-hybridized carbons (Fsp3) is 0.435. The smallest absolute Gasteiger partial charge is 0.266 e. The van der Waals surface area contributed by atoms with Gasteiger partial charge in [-0.3, -0.25) is 14.5 Å². The Balaban J connectivity index is 1.49. The highest BCUT2D eigenvalue weighted by Gasteiger charge is 2.31. The summed E-state index contributed by atoms with van der Waals surface area (Å²) in [6.45, 7) is 2.47. The molecule has 1 heterocycles. The molecule has 0 unspecified atom stereocenters. The summed E-state index contributed by atoms with van der Waals surface area (Å²) in [7, 11) is 0. The summed E-state index contributed by atoms with van der Waals surface area (Å²) in [6.07, 6.45) is 10.8. The van der Waals surface area contributed by atoms with Gasteiger partial charge in [0.15, 0.2) is 0 Å². The Labute approximate surface area is 182 Å². The lowest BCUT2D eigenvalue weighted by atomic mass is 9.95. The molecule has 0 radical (unpaired) electrons. The van der Waals surface area contributed by atoms with E-state index in [1.54, 1.807) is 4.90 Å². The van der Waals surface area contributed by atoms with E-state index in [9.17, 15) is 9.59 Å². The molecule has 2 aliphatic rings. The van der Waals surface area contributed by atoms with Crippen molar-refractivity contribution in [1.82, 2.24) is 10.2 Å². The van der Waals surface area contributed by atoms with E-state index in [1.807, 2.05) is 49.4 Å². The fourth-order valence-corrected chi connectivity index (χ4v) is 5.06. The molecule has 1 aliphatic carbocycles. The largest absolute Gasteiger partial charge is 0.353 e. The molecular formula is C23H28N2O2S2. The third-order valence-electron chi connectivity index (χ3n) is 5.18. The van der Waals surface area contributed by atoms with Crippen LogP contribution >= 0.6 is 24.0 Å². The quantitative estimate of drug-likeness (QED) is 0.487. The molecule has 1 saturated carbocycles. The lowest BCUT2D eigenvalue weighted by molar-refractivity contribution is -0.124. The highest BCUT2D eigenvalue weighted by molar-refractivity contribution is 8.26. The summed E-state index contributed by atoms with van der Waals surface area (Å²) in [5, 5.41) is 3.13. The lowest BCUT2D eigenvalue weighted by Crippen LogP contribution is -2.36. The maximum atomic E-state index is 12.7. The van der Waals surface area contributed by atoms with E-state index in [4.69, 9.17) is 12.2 Å². The fourth-order valence-electron chi connectivity index (χ4n) is 3.70. The van der Waals surface area contributed by atoms with Crippen LogP contribution in [0.4, 0.5) is 0 Å². The van der Waals surface area contributed by atoms with Crippen LogP contribution in [-0.4, -0.2) is 33.6 Å². The first-order valence-corrected chi connectivity index (χ1v) is 11.5. The number of hydrogen-bond donors (Lipinski definition) is 1. The van der Waals surface area contributed by atoms with Crippen molar-refractivity contribution in [3.05, 3.63) is 52.4 Å². The van der Waals surface area contributed by atoms with Crippen molar-refractivity contribution in [2.45, 2.75) is 57.9 Å². The molecule has 1 N–H and O–H groups in total. The molecule has 2 amide bonds. The van der Waals surface area contributed by atoms with Crippen molar-refractivity contribution in [3.8, 4) is 0 Å². The Hall–Kier alpha value is -1.92. The lowest BCUT2D eigenvalue weighted by Gasteiger charge is -2.23. The minimum absolute atomic E-state index is 0.0616. The first kappa shape index (κ1) is 21.8. The van der Waals surface area contributed by atoms with E-state index >= 15 is 0 Å². The van der Waals surface area contributed by atoms with E-state index in [1.165, 1.54) is 31.0 Å². The van der Waals surface area contributed by atoms with Crippen LogP contribution in [0, 0.1) is 0 Å². The summed E-state index contributed by atoms with van der Waals surface area (Å²) in [6, 6.07) is 10.3. The molecule has 1 saturated heterocycles. The Kier molecular flexibility index (Phi) is 8.07. The second-order valence-electron chi connectivity index (χ2n) is 7.64. The topological polar surface area (TPSA) is 49.4 Å². The molecular weight excluding hydrogens is 400 g/mol. The second kappa shape index (κ2) is 10.7. The summed E-state index contributed by atoms with van der Waals surface area (Å²) in [5.41, 5.74) is 2.10. The van der Waals surface area contributed by atoms with Crippen molar-refractivity contribution in [2.24, 2.45) is 0 Å². The number of nitrogens with one attached hydrogen (secondary N) is 1. The SMILES string of the molecule is CC(/C=C1\SC(=S)N(CCCC(=O)NC2CCCCC2)C1=O)=C\c1ccccc1. The Morgan fingerprint density at radius 2 is 1.97 bits per heavy atom. The van der Waals surface area contributed by atoms with Gasteiger partial charge in [0.2, 0.25) is 5.91 Å². The van der Waals surface area contributed by atoms with Crippen LogP contribution in [0.5, 0.6) is 0 Å². The second-order valence-corrected chi connectivity index (χ2v) is 9.31. The summed E-state index contributed by atoms with van der Waals surface area (Å²) in [5.74, 6) is 0.0213. The maximum Gasteiger partial charge on any atom is 0.266 e. The Morgan fingerprint density at radius 3 is 2.69 bits per heavy atom. The van der Waals surface area contributed by atoms with Gasteiger partial charge in [0.25, 0.3) is 5.91 Å². The minimum Gasteiger partial charge on any atom is -0.353 e. The molecule has 1 aliphatic heterocycles. The Morgan fingerprint density at radius 1 is 1.24 bits per heavy atom. The van der Waals surface area contributed by atoms with Crippen LogP contribution in [0.1, 0.15) is 57.4 Å². The zero-order valence-corrected chi connectivity index (χ0v) is 18.5. The number of thioether (sulfide) groups is 1. The number of rotatable bonds is 7. The van der Waals surface area contributed by atoms with Gasteiger partial charge in [0.05, 0.1) is 4.91 Å². The predicted molar refractivity (Wildman–Crippen MR) is 124 cm³/mol. The molecule has 0 bridgehead atoms. The number of benzene rings is 1. The molecule has 0 atom stereocenters. The first-order chi connectivity index (χ1) is 14.0. The molecule has 6 heteroatoms. The van der Waals surface area contributed by atoms with Crippen LogP contribution in [0.3, 0.4) is 0 Å². The van der Waals surface area contributed by atoms with Gasteiger partial charge in [0, 0.05) is 19.0 Å². The van der Waals surface area contributed by atoms with Gasteiger partial charge >= 0.3 is 0 Å². The molecule has 154 valence electrons. The van der Waals surface area contributed by atoms with Crippen LogP contribution < -0.4 is 5.32 Å². The number of amides is 2. The molecule has 0 aromatic heterocycles. The normalized spacial score (nSPS) is 19.8. The molecule has 1 aromatic rings. The molecule has 3 rings (SSSR count). The van der Waals surface area contributed by atoms with Crippen LogP contribution in [-0.2, 0) is 9.59 Å². The van der Waals surface area contributed by atoms with Crippen molar-refractivity contribution in [2.75, 3.05) is 6.54 Å². The molecule has 0 spiro atoms. The van der Waals surface area contributed by atoms with Gasteiger partial charge in [-0.2, -0.15) is 0 Å². The van der Waals surface area contributed by atoms with Gasteiger partial charge in [-0.25, -0.2) is 0 Å². The molecule has 2 fully saturated rings. The standard InChI is InChI=1S/C23H28N2O2S2/c1-17(15-18-9-4-2-5-10-18)16-20-22(27)25(23(28)29-20)14-8-13-21(26)24-19-11-6-3-7-12-19/h2,4-5,9-10,15-16,19H,3,6-8,11-14H2,1H3,(H,24,26)/b17-15+,20-16-. The van der Waals surface area contributed by atoms with Crippen molar-refractivity contribution < 1.29 is 9.59 Å². The van der Waals surface area contributed by atoms with E-state index in [2.05, 4.69) is 5.32 Å². The zero-order valence-electron chi connectivity index (χ0n) is 16.9. The van der Waals surface area contributed by atoms with Crippen molar-refractivity contribution >= 4 is 46.2 Å². The Bertz CT molecular complexity index is 811. The van der Waals surface area contributed by atoms with Crippen LogP contribution in [0.25, 0.3) is 6.08 Å². The average Bonchev–Trinajstić information content (AvgIpc) is 2.96. The number of allylic oxidation sites excluding steroid dienone is 2. The van der Waals surface area contributed by atoms with E-state index in [0.29, 0.717) is 34.7 Å². The number of thiocarbonyl (C=S) groups is 1. The number of carbonyl (C=O) groups is 2. The highest BCUT2D eigenvalue weighted by Crippen LogP contribution is 2.32. The van der Waals surface area contributed by atoms with Crippen LogP contribution in [0.15, 0.2) is 46.9 Å². The predicted octanol–water partition coefficient (Wildman–Crippen LogP) is 5.06. The van der Waals surface area contributed by atoms with E-state index in [-0.39, 0.29) is 11.8 Å². The molecule has 1 aromatic carbocycles. The number of carbonyl (C=O) groups excluding carboxylic acids is 2. The summed E-state index contributed by atoms with van der Waals surface area (Å²) in [4.78, 5) is 27.1. The summed E-state index contributed by atoms with van der Waals surface area (Å²) < 4.78 is 0.571. The van der Waals surface area contributed by atoms with Gasteiger partial charge in [0.1, 0.15) is 4.32 Å². The molecule has 4 nitrogen and oxygen atoms in total. The molecule has 29 heavy (non-hydrogen) atoms. The van der Waals surface area contributed by atoms with Gasteiger partial charge in [-0.05, 0) is 43.4 Å². The van der Waals surface area contributed by atoms with Crippen molar-refractivity contribution in [1.29, 1.82) is 0 Å². The van der Waals surface area contributed by atoms with Gasteiger partial charge in [-0.15, -0.1) is 0 Å².